The zero-order valence-electron chi connectivity index (χ0n) is 7.29. The number of hydrogen-bond acceptors (Lipinski definition) is 4. The van der Waals surface area contributed by atoms with Gasteiger partial charge >= 0.3 is 0 Å². The molecule has 0 aliphatic rings. The highest BCUT2D eigenvalue weighted by Gasteiger charge is 2.15. The number of carbonyl (C=O) groups is 1. The van der Waals surface area contributed by atoms with Gasteiger partial charge < -0.3 is 11.5 Å². The Bertz CT molecular complexity index is 477. The van der Waals surface area contributed by atoms with Gasteiger partial charge in [-0.2, -0.15) is 5.10 Å². The van der Waals surface area contributed by atoms with Crippen molar-refractivity contribution in [2.45, 2.75) is 6.04 Å². The predicted molar refractivity (Wildman–Crippen MR) is 49.1 cm³/mol. The highest BCUT2D eigenvalue weighted by atomic mass is 16.1. The van der Waals surface area contributed by atoms with Crippen molar-refractivity contribution in [3.8, 4) is 0 Å². The second-order valence-electron chi connectivity index (χ2n) is 2.87. The van der Waals surface area contributed by atoms with Crippen LogP contribution in [-0.2, 0) is 4.79 Å². The number of nitrogens with two attached hydrogens (primary N) is 2. The van der Waals surface area contributed by atoms with Gasteiger partial charge in [0.1, 0.15) is 6.04 Å². The topological polar surface area (TPSA) is 99.3 Å². The van der Waals surface area contributed by atoms with Gasteiger partial charge in [0, 0.05) is 6.20 Å². The zero-order valence-corrected chi connectivity index (χ0v) is 7.29. The largest absolute Gasteiger partial charge is 0.368 e. The van der Waals surface area contributed by atoms with E-state index >= 15 is 0 Å². The maximum atomic E-state index is 10.8. The molecule has 2 rings (SSSR count). The van der Waals surface area contributed by atoms with E-state index < -0.39 is 11.9 Å². The molecule has 6 nitrogen and oxygen atoms in total. The number of primary amides is 1. The Morgan fingerprint density at radius 2 is 2.36 bits per heavy atom. The lowest BCUT2D eigenvalue weighted by atomic mass is 10.3. The molecule has 0 saturated carbocycles. The Morgan fingerprint density at radius 1 is 1.57 bits per heavy atom. The van der Waals surface area contributed by atoms with Crippen molar-refractivity contribution in [2.24, 2.45) is 11.5 Å². The highest BCUT2D eigenvalue weighted by Crippen LogP contribution is 2.05. The van der Waals surface area contributed by atoms with E-state index in [-0.39, 0.29) is 5.82 Å². The number of aromatic nitrogens is 3. The minimum atomic E-state index is -0.957. The average Bonchev–Trinajstić information content (AvgIpc) is 2.62. The van der Waals surface area contributed by atoms with Gasteiger partial charge in [-0.15, -0.1) is 0 Å². The summed E-state index contributed by atoms with van der Waals surface area (Å²) in [7, 11) is 0. The number of hydrogen-bond donors (Lipinski definition) is 2. The molecule has 0 aromatic carbocycles. The summed E-state index contributed by atoms with van der Waals surface area (Å²) < 4.78 is 1.59. The Kier molecular flexibility index (Phi) is 1.90. The number of amides is 1. The SMILES string of the molecule is NC(=O)C(N)c1ncc2cccn2n1. The lowest BCUT2D eigenvalue weighted by Crippen LogP contribution is -2.30. The van der Waals surface area contributed by atoms with Crippen LogP contribution in [0.2, 0.25) is 0 Å². The Balaban J connectivity index is 2.48. The van der Waals surface area contributed by atoms with Crippen molar-refractivity contribution in [1.82, 2.24) is 14.6 Å². The molecule has 0 bridgehead atoms. The van der Waals surface area contributed by atoms with Gasteiger partial charge in [-0.25, -0.2) is 9.50 Å². The van der Waals surface area contributed by atoms with Gasteiger partial charge in [0.15, 0.2) is 5.82 Å². The van der Waals surface area contributed by atoms with Crippen LogP contribution in [-0.4, -0.2) is 20.5 Å². The number of nitrogens with zero attached hydrogens (tertiary/aromatic N) is 3. The van der Waals surface area contributed by atoms with E-state index in [1.54, 1.807) is 16.9 Å². The van der Waals surface area contributed by atoms with Gasteiger partial charge in [-0.3, -0.25) is 4.79 Å². The van der Waals surface area contributed by atoms with E-state index in [4.69, 9.17) is 11.5 Å². The molecular formula is C8H9N5O. The summed E-state index contributed by atoms with van der Waals surface area (Å²) in [6, 6.07) is 2.71. The predicted octanol–water partition coefficient (Wildman–Crippen LogP) is -0.786. The number of rotatable bonds is 2. The first kappa shape index (κ1) is 8.64. The maximum Gasteiger partial charge on any atom is 0.242 e. The fourth-order valence-electron chi connectivity index (χ4n) is 1.12. The second-order valence-corrected chi connectivity index (χ2v) is 2.87. The van der Waals surface area contributed by atoms with Crippen molar-refractivity contribution in [2.75, 3.05) is 0 Å². The molecule has 2 aromatic rings. The third kappa shape index (κ3) is 1.31. The summed E-state index contributed by atoms with van der Waals surface area (Å²) >= 11 is 0. The van der Waals surface area contributed by atoms with Gasteiger partial charge in [0.2, 0.25) is 5.91 Å². The van der Waals surface area contributed by atoms with Gasteiger partial charge in [-0.1, -0.05) is 0 Å². The van der Waals surface area contributed by atoms with Crippen LogP contribution >= 0.6 is 0 Å². The molecule has 2 heterocycles. The second kappa shape index (κ2) is 3.08. The van der Waals surface area contributed by atoms with Crippen LogP contribution in [0.15, 0.2) is 24.5 Å². The van der Waals surface area contributed by atoms with Crippen LogP contribution in [0, 0.1) is 0 Å². The van der Waals surface area contributed by atoms with Crippen LogP contribution in [0.3, 0.4) is 0 Å². The van der Waals surface area contributed by atoms with Crippen molar-refractivity contribution in [3.63, 3.8) is 0 Å². The van der Waals surface area contributed by atoms with E-state index in [0.29, 0.717) is 0 Å². The summed E-state index contributed by atoms with van der Waals surface area (Å²) in [5.41, 5.74) is 11.4. The first-order chi connectivity index (χ1) is 6.68. The molecule has 4 N–H and O–H groups in total. The molecule has 2 aromatic heterocycles. The summed E-state index contributed by atoms with van der Waals surface area (Å²) in [6.07, 6.45) is 3.33. The Morgan fingerprint density at radius 3 is 3.07 bits per heavy atom. The van der Waals surface area contributed by atoms with Crippen molar-refractivity contribution < 1.29 is 4.79 Å². The third-order valence-electron chi connectivity index (χ3n) is 1.88. The monoisotopic (exact) mass is 191 g/mol. The summed E-state index contributed by atoms with van der Waals surface area (Å²) in [5.74, 6) is -0.419. The van der Waals surface area contributed by atoms with Gasteiger partial charge in [-0.05, 0) is 12.1 Å². The van der Waals surface area contributed by atoms with Crippen molar-refractivity contribution >= 4 is 11.4 Å². The number of carbonyl (C=O) groups excluding carboxylic acids is 1. The van der Waals surface area contributed by atoms with Crippen LogP contribution in [0.5, 0.6) is 0 Å². The number of fused-ring (bicyclic) bond motifs is 1. The molecule has 0 spiro atoms. The van der Waals surface area contributed by atoms with E-state index in [1.807, 2.05) is 12.1 Å². The fourth-order valence-corrected chi connectivity index (χ4v) is 1.12. The molecule has 0 saturated heterocycles. The fraction of sp³-hybridized carbons (Fsp3) is 0.125. The first-order valence-electron chi connectivity index (χ1n) is 4.03. The lowest BCUT2D eigenvalue weighted by Gasteiger charge is -2.05. The van der Waals surface area contributed by atoms with E-state index in [9.17, 15) is 4.79 Å². The Hall–Kier alpha value is -1.95. The van der Waals surface area contributed by atoms with Crippen LogP contribution in [0.1, 0.15) is 11.9 Å². The third-order valence-corrected chi connectivity index (χ3v) is 1.88. The van der Waals surface area contributed by atoms with E-state index in [0.717, 1.165) is 5.52 Å². The van der Waals surface area contributed by atoms with Crippen molar-refractivity contribution in [1.29, 1.82) is 0 Å². The summed E-state index contributed by atoms with van der Waals surface area (Å²) in [4.78, 5) is 14.7. The lowest BCUT2D eigenvalue weighted by molar-refractivity contribution is -0.119. The smallest absolute Gasteiger partial charge is 0.242 e. The average molecular weight is 191 g/mol. The molecular weight excluding hydrogens is 182 g/mol. The van der Waals surface area contributed by atoms with Crippen LogP contribution in [0.4, 0.5) is 0 Å². The molecule has 0 fully saturated rings. The Labute approximate surface area is 79.5 Å². The molecule has 0 aliphatic heterocycles. The highest BCUT2D eigenvalue weighted by molar-refractivity contribution is 5.80. The molecule has 72 valence electrons. The molecule has 1 unspecified atom stereocenters. The van der Waals surface area contributed by atoms with Crippen LogP contribution in [0.25, 0.3) is 5.52 Å². The van der Waals surface area contributed by atoms with Crippen LogP contribution < -0.4 is 11.5 Å². The molecule has 6 heteroatoms. The minimum absolute atomic E-state index is 0.223. The molecule has 1 amide bonds. The summed E-state index contributed by atoms with van der Waals surface area (Å²) in [6.45, 7) is 0. The van der Waals surface area contributed by atoms with E-state index in [2.05, 4.69) is 10.1 Å². The van der Waals surface area contributed by atoms with E-state index in [1.165, 1.54) is 0 Å². The first-order valence-corrected chi connectivity index (χ1v) is 4.03. The molecule has 1 atom stereocenters. The zero-order chi connectivity index (χ0) is 10.1. The summed E-state index contributed by atoms with van der Waals surface area (Å²) in [5, 5.41) is 4.04. The van der Waals surface area contributed by atoms with Crippen molar-refractivity contribution in [3.05, 3.63) is 30.4 Å². The standard InChI is InChI=1S/C8H9N5O/c9-6(7(10)14)8-11-4-5-2-1-3-13(5)12-8/h1-4,6H,9H2,(H2,10,14). The molecule has 0 radical (unpaired) electrons. The minimum Gasteiger partial charge on any atom is -0.368 e. The van der Waals surface area contributed by atoms with Gasteiger partial charge in [0.05, 0.1) is 11.7 Å². The molecule has 14 heavy (non-hydrogen) atoms. The quantitative estimate of drug-likeness (QED) is 0.650. The normalized spacial score (nSPS) is 12.9. The maximum absolute atomic E-state index is 10.8. The molecule has 0 aliphatic carbocycles. The van der Waals surface area contributed by atoms with Gasteiger partial charge in [0.25, 0.3) is 0 Å².